The molecule has 5 heteroatoms. The summed E-state index contributed by atoms with van der Waals surface area (Å²) in [4.78, 5) is 0. The van der Waals surface area contributed by atoms with Gasteiger partial charge in [0.2, 0.25) is 0 Å². The summed E-state index contributed by atoms with van der Waals surface area (Å²) in [5, 5.41) is 6.39. The van der Waals surface area contributed by atoms with Gasteiger partial charge < -0.3 is 10.6 Å². The maximum absolute atomic E-state index is 11.1. The molecule has 2 fully saturated rings. The maximum atomic E-state index is 11.1. The topological polar surface area (TPSA) is 58.2 Å². The predicted molar refractivity (Wildman–Crippen MR) is 42.2 cm³/mol. The molecule has 2 heterocycles. The van der Waals surface area contributed by atoms with Crippen molar-refractivity contribution in [2.45, 2.75) is 12.1 Å². The van der Waals surface area contributed by atoms with Crippen LogP contribution in [0, 0.1) is 0 Å². The minimum Gasteiger partial charge on any atom is -0.310 e. The van der Waals surface area contributed by atoms with E-state index < -0.39 is 9.84 Å². The summed E-state index contributed by atoms with van der Waals surface area (Å²) >= 11 is 0. The maximum Gasteiger partial charge on any atom is 0.153 e. The van der Waals surface area contributed by atoms with Crippen LogP contribution in [0.4, 0.5) is 0 Å². The van der Waals surface area contributed by atoms with E-state index in [2.05, 4.69) is 10.6 Å². The fraction of sp³-hybridized carbons (Fsp3) is 1.00. The van der Waals surface area contributed by atoms with E-state index in [-0.39, 0.29) is 12.1 Å². The Labute approximate surface area is 66.3 Å². The van der Waals surface area contributed by atoms with Gasteiger partial charge in [0, 0.05) is 25.2 Å². The Morgan fingerprint density at radius 2 is 1.45 bits per heavy atom. The summed E-state index contributed by atoms with van der Waals surface area (Å²) in [5.74, 6) is 0.620. The second kappa shape index (κ2) is 2.43. The first-order chi connectivity index (χ1) is 5.17. The van der Waals surface area contributed by atoms with Gasteiger partial charge in [-0.05, 0) is 0 Å². The first-order valence-corrected chi connectivity index (χ1v) is 5.67. The van der Waals surface area contributed by atoms with Crippen molar-refractivity contribution in [3.8, 4) is 0 Å². The molecule has 0 saturated carbocycles. The van der Waals surface area contributed by atoms with Crippen LogP contribution in [0.15, 0.2) is 0 Å². The summed E-state index contributed by atoms with van der Waals surface area (Å²) < 4.78 is 22.2. The molecule has 0 unspecified atom stereocenters. The van der Waals surface area contributed by atoms with Gasteiger partial charge in [-0.25, -0.2) is 8.42 Å². The van der Waals surface area contributed by atoms with Crippen LogP contribution < -0.4 is 10.6 Å². The minimum atomic E-state index is -2.75. The van der Waals surface area contributed by atoms with Crippen LogP contribution in [0.2, 0.25) is 0 Å². The van der Waals surface area contributed by atoms with Crippen molar-refractivity contribution in [2.75, 3.05) is 24.6 Å². The predicted octanol–water partition coefficient (Wildman–Crippen LogP) is -1.66. The molecule has 0 aromatic carbocycles. The molecule has 2 N–H and O–H groups in total. The van der Waals surface area contributed by atoms with Crippen molar-refractivity contribution in [1.82, 2.24) is 10.6 Å². The molecule has 2 atom stereocenters. The lowest BCUT2D eigenvalue weighted by Crippen LogP contribution is -2.55. The number of hydrogen-bond donors (Lipinski definition) is 2. The molecule has 0 amide bonds. The molecular weight excluding hydrogens is 164 g/mol. The molecule has 0 radical (unpaired) electrons. The molecule has 2 rings (SSSR count). The van der Waals surface area contributed by atoms with Gasteiger partial charge in [0.25, 0.3) is 0 Å². The smallest absolute Gasteiger partial charge is 0.153 e. The van der Waals surface area contributed by atoms with Gasteiger partial charge >= 0.3 is 0 Å². The Balaban J connectivity index is 2.15. The highest BCUT2D eigenvalue weighted by Crippen LogP contribution is 2.13. The first-order valence-electron chi connectivity index (χ1n) is 3.84. The Bertz CT molecular complexity index is 229. The normalized spacial score (nSPS) is 41.8. The quantitative estimate of drug-likeness (QED) is 0.464. The van der Waals surface area contributed by atoms with Crippen molar-refractivity contribution in [2.24, 2.45) is 0 Å². The summed E-state index contributed by atoms with van der Waals surface area (Å²) in [6.45, 7) is 1.77. The zero-order valence-corrected chi connectivity index (χ0v) is 7.02. The van der Waals surface area contributed by atoms with Crippen LogP contribution in [0.1, 0.15) is 0 Å². The van der Waals surface area contributed by atoms with E-state index in [1.165, 1.54) is 0 Å². The van der Waals surface area contributed by atoms with E-state index in [9.17, 15) is 8.42 Å². The highest BCUT2D eigenvalue weighted by molar-refractivity contribution is 7.91. The standard InChI is InChI=1S/C6H12N2O2S/c9-11(10)3-5-6(4-11)8-2-1-7-5/h5-8H,1-4H2/t5-,6-/m0/s1. The van der Waals surface area contributed by atoms with E-state index in [1.807, 2.05) is 0 Å². The summed E-state index contributed by atoms with van der Waals surface area (Å²) in [6.07, 6.45) is 0. The molecule has 4 nitrogen and oxygen atoms in total. The monoisotopic (exact) mass is 176 g/mol. The van der Waals surface area contributed by atoms with Crippen molar-refractivity contribution < 1.29 is 8.42 Å². The van der Waals surface area contributed by atoms with Crippen LogP contribution in [-0.2, 0) is 9.84 Å². The summed E-state index contributed by atoms with van der Waals surface area (Å²) in [7, 11) is -2.75. The van der Waals surface area contributed by atoms with E-state index in [0.717, 1.165) is 13.1 Å². The van der Waals surface area contributed by atoms with Crippen LogP contribution in [0.25, 0.3) is 0 Å². The second-order valence-corrected chi connectivity index (χ2v) is 5.35. The average molecular weight is 176 g/mol. The van der Waals surface area contributed by atoms with Gasteiger partial charge in [-0.15, -0.1) is 0 Å². The third kappa shape index (κ3) is 1.40. The highest BCUT2D eigenvalue weighted by atomic mass is 32.2. The third-order valence-corrected chi connectivity index (χ3v) is 4.02. The fourth-order valence-electron chi connectivity index (χ4n) is 1.76. The van der Waals surface area contributed by atoms with Crippen LogP contribution >= 0.6 is 0 Å². The second-order valence-electron chi connectivity index (χ2n) is 3.20. The molecule has 2 saturated heterocycles. The Kier molecular flexibility index (Phi) is 1.66. The van der Waals surface area contributed by atoms with E-state index in [1.54, 1.807) is 0 Å². The molecule has 11 heavy (non-hydrogen) atoms. The third-order valence-electron chi connectivity index (χ3n) is 2.29. The van der Waals surface area contributed by atoms with E-state index >= 15 is 0 Å². The fourth-order valence-corrected chi connectivity index (χ4v) is 3.70. The Morgan fingerprint density at radius 3 is 1.91 bits per heavy atom. The van der Waals surface area contributed by atoms with Gasteiger partial charge in [-0.2, -0.15) is 0 Å². The molecule has 2 aliphatic rings. The number of nitrogens with one attached hydrogen (secondary N) is 2. The number of rotatable bonds is 0. The molecule has 0 aromatic heterocycles. The molecule has 0 aromatic rings. The van der Waals surface area contributed by atoms with Gasteiger partial charge in [0.1, 0.15) is 0 Å². The van der Waals surface area contributed by atoms with Gasteiger partial charge in [0.05, 0.1) is 11.5 Å². The SMILES string of the molecule is O=S1(=O)C[C@@H]2NCCN[C@H]2C1. The summed E-state index contributed by atoms with van der Waals surface area (Å²) in [5.41, 5.74) is 0. The Hall–Kier alpha value is -0.130. The van der Waals surface area contributed by atoms with E-state index in [4.69, 9.17) is 0 Å². The lowest BCUT2D eigenvalue weighted by Gasteiger charge is -2.26. The minimum absolute atomic E-state index is 0.161. The summed E-state index contributed by atoms with van der Waals surface area (Å²) in [6, 6.07) is 0.322. The lowest BCUT2D eigenvalue weighted by atomic mass is 10.1. The molecular formula is C6H12N2O2S. The van der Waals surface area contributed by atoms with Crippen molar-refractivity contribution in [3.63, 3.8) is 0 Å². The van der Waals surface area contributed by atoms with E-state index in [0.29, 0.717) is 11.5 Å². The molecule has 0 bridgehead atoms. The largest absolute Gasteiger partial charge is 0.310 e. The van der Waals surface area contributed by atoms with Crippen molar-refractivity contribution in [3.05, 3.63) is 0 Å². The molecule has 2 aliphatic heterocycles. The molecule has 0 spiro atoms. The zero-order chi connectivity index (χ0) is 7.90. The Morgan fingerprint density at radius 1 is 1.00 bits per heavy atom. The van der Waals surface area contributed by atoms with Crippen LogP contribution in [0.5, 0.6) is 0 Å². The molecule has 64 valence electrons. The number of fused-ring (bicyclic) bond motifs is 1. The van der Waals surface area contributed by atoms with Gasteiger partial charge in [0.15, 0.2) is 9.84 Å². The first kappa shape index (κ1) is 7.52. The number of hydrogen-bond acceptors (Lipinski definition) is 4. The number of piperazine rings is 1. The van der Waals surface area contributed by atoms with Gasteiger partial charge in [-0.1, -0.05) is 0 Å². The number of sulfone groups is 1. The zero-order valence-electron chi connectivity index (χ0n) is 6.21. The highest BCUT2D eigenvalue weighted by Gasteiger charge is 2.38. The molecule has 0 aliphatic carbocycles. The van der Waals surface area contributed by atoms with Crippen molar-refractivity contribution in [1.29, 1.82) is 0 Å². The van der Waals surface area contributed by atoms with Crippen LogP contribution in [0.3, 0.4) is 0 Å². The van der Waals surface area contributed by atoms with Crippen LogP contribution in [-0.4, -0.2) is 45.1 Å². The average Bonchev–Trinajstić information content (AvgIpc) is 2.21. The lowest BCUT2D eigenvalue weighted by molar-refractivity contribution is 0.377. The van der Waals surface area contributed by atoms with Crippen molar-refractivity contribution >= 4 is 9.84 Å². The van der Waals surface area contributed by atoms with Gasteiger partial charge in [-0.3, -0.25) is 0 Å².